The van der Waals surface area contributed by atoms with Gasteiger partial charge in [0.1, 0.15) is 4.34 Å². The highest BCUT2D eigenvalue weighted by atomic mass is 32.2. The average molecular weight is 214 g/mol. The number of nitrogens with zero attached hydrogens (tertiary/aromatic N) is 1. The smallest absolute Gasteiger partial charge is 0.150 e. The zero-order valence-electron chi connectivity index (χ0n) is 7.53. The van der Waals surface area contributed by atoms with Crippen molar-refractivity contribution in [2.24, 2.45) is 5.73 Å². The van der Waals surface area contributed by atoms with Crippen LogP contribution in [-0.4, -0.2) is 16.3 Å². The molecule has 4 heteroatoms. The molecule has 0 unspecified atom stereocenters. The minimum Gasteiger partial charge on any atom is -0.329 e. The highest BCUT2D eigenvalue weighted by molar-refractivity contribution is 8.02. The van der Waals surface area contributed by atoms with Crippen molar-refractivity contribution in [1.82, 2.24) is 4.98 Å². The summed E-state index contributed by atoms with van der Waals surface area (Å²) in [6, 6.07) is 0. The molecule has 1 aromatic heterocycles. The molecule has 0 bridgehead atoms. The van der Waals surface area contributed by atoms with Gasteiger partial charge in [-0.25, -0.2) is 4.98 Å². The van der Waals surface area contributed by atoms with Crippen LogP contribution < -0.4 is 5.73 Å². The molecule has 1 aromatic rings. The Hall–Kier alpha value is -0.0600. The van der Waals surface area contributed by atoms with Crippen LogP contribution in [0.3, 0.4) is 0 Å². The maximum absolute atomic E-state index is 5.84. The van der Waals surface area contributed by atoms with Crippen molar-refractivity contribution in [3.63, 3.8) is 0 Å². The van der Waals surface area contributed by atoms with Crippen LogP contribution in [0.2, 0.25) is 0 Å². The molecule has 2 N–H and O–H groups in total. The van der Waals surface area contributed by atoms with Crippen LogP contribution in [0.15, 0.2) is 15.9 Å². The minimum atomic E-state index is 0.303. The molecule has 1 saturated carbocycles. The van der Waals surface area contributed by atoms with Crippen LogP contribution in [0.25, 0.3) is 0 Å². The molecule has 0 radical (unpaired) electrons. The summed E-state index contributed by atoms with van der Waals surface area (Å²) < 4.78 is 1.48. The Balaban J connectivity index is 2.06. The molecule has 1 aliphatic rings. The number of hydrogen-bond donors (Lipinski definition) is 1. The van der Waals surface area contributed by atoms with E-state index in [2.05, 4.69) is 4.98 Å². The lowest BCUT2D eigenvalue weighted by molar-refractivity contribution is 0.619. The zero-order chi connectivity index (χ0) is 9.15. The predicted molar refractivity (Wildman–Crippen MR) is 58.2 cm³/mol. The maximum Gasteiger partial charge on any atom is 0.150 e. The third-order valence-corrected chi connectivity index (χ3v) is 4.99. The second-order valence-corrected chi connectivity index (χ2v) is 6.10. The normalized spacial score (nSPS) is 20.7. The lowest BCUT2D eigenvalue weighted by Crippen LogP contribution is -2.30. The Labute approximate surface area is 86.9 Å². The first-order valence-electron chi connectivity index (χ1n) is 4.63. The van der Waals surface area contributed by atoms with Crippen LogP contribution in [0.5, 0.6) is 0 Å². The SMILES string of the molecule is NCC1(Sc2nccs2)CCCC1. The lowest BCUT2D eigenvalue weighted by Gasteiger charge is -2.24. The molecule has 0 amide bonds. The third kappa shape index (κ3) is 2.06. The van der Waals surface area contributed by atoms with Crippen molar-refractivity contribution in [2.75, 3.05) is 6.54 Å². The van der Waals surface area contributed by atoms with Gasteiger partial charge in [-0.2, -0.15) is 0 Å². The first-order valence-corrected chi connectivity index (χ1v) is 6.33. The van der Waals surface area contributed by atoms with E-state index in [0.717, 1.165) is 6.54 Å². The number of thioether (sulfide) groups is 1. The fourth-order valence-electron chi connectivity index (χ4n) is 1.81. The second-order valence-electron chi connectivity index (χ2n) is 3.49. The molecule has 0 aromatic carbocycles. The van der Waals surface area contributed by atoms with Crippen LogP contribution in [0, 0.1) is 0 Å². The zero-order valence-corrected chi connectivity index (χ0v) is 9.16. The average Bonchev–Trinajstić information content (AvgIpc) is 2.77. The van der Waals surface area contributed by atoms with Gasteiger partial charge in [0.15, 0.2) is 0 Å². The Morgan fingerprint density at radius 1 is 1.54 bits per heavy atom. The summed E-state index contributed by atoms with van der Waals surface area (Å²) >= 11 is 3.61. The predicted octanol–water partition coefficient (Wildman–Crippen LogP) is 2.51. The highest BCUT2D eigenvalue weighted by Crippen LogP contribution is 2.44. The Kier molecular flexibility index (Phi) is 2.91. The van der Waals surface area contributed by atoms with Gasteiger partial charge in [-0.3, -0.25) is 0 Å². The molecule has 0 aliphatic heterocycles. The maximum atomic E-state index is 5.84. The molecule has 1 fully saturated rings. The van der Waals surface area contributed by atoms with Crippen LogP contribution in [-0.2, 0) is 0 Å². The first kappa shape index (κ1) is 9.49. The Bertz CT molecular complexity index is 253. The van der Waals surface area contributed by atoms with Crippen LogP contribution in [0.1, 0.15) is 25.7 Å². The van der Waals surface area contributed by atoms with Crippen molar-refractivity contribution in [3.8, 4) is 0 Å². The van der Waals surface area contributed by atoms with E-state index >= 15 is 0 Å². The van der Waals surface area contributed by atoms with Crippen molar-refractivity contribution in [1.29, 1.82) is 0 Å². The largest absolute Gasteiger partial charge is 0.329 e. The topological polar surface area (TPSA) is 38.9 Å². The lowest BCUT2D eigenvalue weighted by atomic mass is 10.1. The molecule has 13 heavy (non-hydrogen) atoms. The molecule has 1 heterocycles. The van der Waals surface area contributed by atoms with Gasteiger partial charge in [-0.15, -0.1) is 11.3 Å². The molecule has 2 rings (SSSR count). The molecule has 0 atom stereocenters. The summed E-state index contributed by atoms with van der Waals surface area (Å²) in [6.07, 6.45) is 7.04. The van der Waals surface area contributed by atoms with Crippen LogP contribution >= 0.6 is 23.1 Å². The van der Waals surface area contributed by atoms with Crippen molar-refractivity contribution < 1.29 is 0 Å². The third-order valence-electron chi connectivity index (χ3n) is 2.60. The minimum absolute atomic E-state index is 0.303. The molecule has 72 valence electrons. The fourth-order valence-corrected chi connectivity index (χ4v) is 4.12. The van der Waals surface area contributed by atoms with Gasteiger partial charge in [-0.1, -0.05) is 24.6 Å². The molecule has 0 spiro atoms. The standard InChI is InChI=1S/C9H14N2S2/c10-7-9(3-1-2-4-9)13-8-11-5-6-12-8/h5-6H,1-4,7,10H2. The van der Waals surface area contributed by atoms with Gasteiger partial charge in [-0.05, 0) is 12.8 Å². The van der Waals surface area contributed by atoms with Gasteiger partial charge in [0.05, 0.1) is 0 Å². The molecule has 1 aliphatic carbocycles. The number of aromatic nitrogens is 1. The van der Waals surface area contributed by atoms with Crippen molar-refractivity contribution in [3.05, 3.63) is 11.6 Å². The van der Waals surface area contributed by atoms with Gasteiger partial charge in [0.25, 0.3) is 0 Å². The van der Waals surface area contributed by atoms with E-state index in [1.807, 2.05) is 23.3 Å². The first-order chi connectivity index (χ1) is 6.35. The van der Waals surface area contributed by atoms with E-state index in [0.29, 0.717) is 4.75 Å². The second kappa shape index (κ2) is 3.98. The Morgan fingerprint density at radius 3 is 2.85 bits per heavy atom. The van der Waals surface area contributed by atoms with E-state index < -0.39 is 0 Å². The van der Waals surface area contributed by atoms with Crippen molar-refractivity contribution in [2.45, 2.75) is 34.8 Å². The van der Waals surface area contributed by atoms with E-state index in [1.54, 1.807) is 11.3 Å². The molecule has 0 saturated heterocycles. The number of hydrogen-bond acceptors (Lipinski definition) is 4. The molecular formula is C9H14N2S2. The summed E-state index contributed by atoms with van der Waals surface area (Å²) in [5.74, 6) is 0. The Morgan fingerprint density at radius 2 is 2.31 bits per heavy atom. The number of thiazole rings is 1. The van der Waals surface area contributed by atoms with Crippen LogP contribution in [0.4, 0.5) is 0 Å². The highest BCUT2D eigenvalue weighted by Gasteiger charge is 2.34. The summed E-state index contributed by atoms with van der Waals surface area (Å²) in [5.41, 5.74) is 5.84. The van der Waals surface area contributed by atoms with E-state index in [-0.39, 0.29) is 0 Å². The molecular weight excluding hydrogens is 200 g/mol. The van der Waals surface area contributed by atoms with E-state index in [9.17, 15) is 0 Å². The number of rotatable bonds is 3. The summed E-state index contributed by atoms with van der Waals surface area (Å²) in [4.78, 5) is 4.30. The fraction of sp³-hybridized carbons (Fsp3) is 0.667. The quantitative estimate of drug-likeness (QED) is 0.840. The van der Waals surface area contributed by atoms with Crippen molar-refractivity contribution >= 4 is 23.1 Å². The summed E-state index contributed by atoms with van der Waals surface area (Å²) in [7, 11) is 0. The van der Waals surface area contributed by atoms with Gasteiger partial charge in [0, 0.05) is 22.9 Å². The molecule has 2 nitrogen and oxygen atoms in total. The van der Waals surface area contributed by atoms with Gasteiger partial charge >= 0.3 is 0 Å². The van der Waals surface area contributed by atoms with Gasteiger partial charge < -0.3 is 5.73 Å². The van der Waals surface area contributed by atoms with E-state index in [1.165, 1.54) is 30.0 Å². The summed E-state index contributed by atoms with van der Waals surface area (Å²) in [5, 5.41) is 2.03. The monoisotopic (exact) mass is 214 g/mol. The number of nitrogens with two attached hydrogens (primary N) is 1. The van der Waals surface area contributed by atoms with E-state index in [4.69, 9.17) is 5.73 Å². The summed E-state index contributed by atoms with van der Waals surface area (Å²) in [6.45, 7) is 0.789. The van der Waals surface area contributed by atoms with Gasteiger partial charge in [0.2, 0.25) is 0 Å².